The van der Waals surface area contributed by atoms with Crippen molar-refractivity contribution in [3.05, 3.63) is 40.3 Å². The van der Waals surface area contributed by atoms with E-state index in [-0.39, 0.29) is 5.56 Å². The van der Waals surface area contributed by atoms with Gasteiger partial charge in [0, 0.05) is 31.1 Å². The summed E-state index contributed by atoms with van der Waals surface area (Å²) in [7, 11) is 0. The third-order valence-corrected chi connectivity index (χ3v) is 6.43. The van der Waals surface area contributed by atoms with Crippen LogP contribution in [0.15, 0.2) is 29.2 Å². The van der Waals surface area contributed by atoms with Crippen LogP contribution in [0.25, 0.3) is 5.65 Å². The van der Waals surface area contributed by atoms with Gasteiger partial charge >= 0.3 is 0 Å². The average Bonchev–Trinajstić information content (AvgIpc) is 2.94. The second-order valence-electron chi connectivity index (χ2n) is 6.58. The molecule has 2 atom stereocenters. The van der Waals surface area contributed by atoms with E-state index in [1.807, 2.05) is 19.1 Å². The van der Waals surface area contributed by atoms with Gasteiger partial charge in [-0.25, -0.2) is 4.98 Å². The van der Waals surface area contributed by atoms with Crippen LogP contribution in [0.4, 0.5) is 5.82 Å². The third kappa shape index (κ3) is 1.98. The normalized spacial score (nSPS) is 28.3. The summed E-state index contributed by atoms with van der Waals surface area (Å²) in [6.45, 7) is 6.41. The molecular formula is C16H19N3OS. The fraction of sp³-hybridized carbons (Fsp3) is 0.500. The highest BCUT2D eigenvalue weighted by Crippen LogP contribution is 2.46. The SMILES string of the molecule is Cc1cccn2c(=O)cc(N3C[C@@H]4CSC[C@]4(C)C3)nc12. The van der Waals surface area contributed by atoms with E-state index in [4.69, 9.17) is 4.98 Å². The minimum absolute atomic E-state index is 0.00953. The lowest BCUT2D eigenvalue weighted by atomic mass is 9.84. The van der Waals surface area contributed by atoms with Crippen LogP contribution in [0.2, 0.25) is 0 Å². The fourth-order valence-corrected chi connectivity index (χ4v) is 5.26. The van der Waals surface area contributed by atoms with Gasteiger partial charge in [-0.2, -0.15) is 11.8 Å². The summed E-state index contributed by atoms with van der Waals surface area (Å²) < 4.78 is 1.63. The first kappa shape index (κ1) is 13.2. The predicted octanol–water partition coefficient (Wildman–Crippen LogP) is 2.19. The molecule has 0 spiro atoms. The molecule has 110 valence electrons. The Morgan fingerprint density at radius 2 is 2.33 bits per heavy atom. The van der Waals surface area contributed by atoms with E-state index < -0.39 is 0 Å². The number of hydrogen-bond acceptors (Lipinski definition) is 4. The first-order chi connectivity index (χ1) is 10.1. The molecule has 5 heteroatoms. The van der Waals surface area contributed by atoms with Gasteiger partial charge in [0.2, 0.25) is 0 Å². The highest BCUT2D eigenvalue weighted by atomic mass is 32.2. The van der Waals surface area contributed by atoms with Gasteiger partial charge in [0.1, 0.15) is 11.5 Å². The summed E-state index contributed by atoms with van der Waals surface area (Å²) in [6.07, 6.45) is 1.79. The largest absolute Gasteiger partial charge is 0.355 e. The van der Waals surface area contributed by atoms with Gasteiger partial charge in [0.25, 0.3) is 5.56 Å². The molecule has 0 bridgehead atoms. The maximum atomic E-state index is 12.3. The molecule has 2 saturated heterocycles. The van der Waals surface area contributed by atoms with Crippen molar-refractivity contribution in [1.82, 2.24) is 9.38 Å². The molecule has 4 rings (SSSR count). The first-order valence-electron chi connectivity index (χ1n) is 7.39. The van der Waals surface area contributed by atoms with Gasteiger partial charge in [0.05, 0.1) is 0 Å². The Labute approximate surface area is 128 Å². The summed E-state index contributed by atoms with van der Waals surface area (Å²) in [4.78, 5) is 19.4. The Morgan fingerprint density at radius 3 is 3.14 bits per heavy atom. The van der Waals surface area contributed by atoms with Crippen molar-refractivity contribution >= 4 is 23.2 Å². The Morgan fingerprint density at radius 1 is 1.48 bits per heavy atom. The molecule has 0 aliphatic carbocycles. The first-order valence-corrected chi connectivity index (χ1v) is 8.54. The van der Waals surface area contributed by atoms with Crippen molar-refractivity contribution in [2.45, 2.75) is 13.8 Å². The number of rotatable bonds is 1. The summed E-state index contributed by atoms with van der Waals surface area (Å²) in [5.41, 5.74) is 2.20. The molecule has 0 radical (unpaired) electrons. The van der Waals surface area contributed by atoms with Crippen molar-refractivity contribution in [1.29, 1.82) is 0 Å². The zero-order valence-corrected chi connectivity index (χ0v) is 13.2. The number of aromatic nitrogens is 2. The van der Waals surface area contributed by atoms with Gasteiger partial charge in [0.15, 0.2) is 0 Å². The molecular weight excluding hydrogens is 282 g/mol. The number of hydrogen-bond donors (Lipinski definition) is 0. The molecule has 0 unspecified atom stereocenters. The molecule has 2 aromatic heterocycles. The Hall–Kier alpha value is -1.49. The molecule has 0 saturated carbocycles. The number of anilines is 1. The van der Waals surface area contributed by atoms with E-state index in [9.17, 15) is 4.79 Å². The number of thioether (sulfide) groups is 1. The zero-order valence-electron chi connectivity index (χ0n) is 12.4. The van der Waals surface area contributed by atoms with Gasteiger partial charge in [-0.05, 0) is 35.6 Å². The van der Waals surface area contributed by atoms with E-state index >= 15 is 0 Å². The summed E-state index contributed by atoms with van der Waals surface area (Å²) in [5.74, 6) is 4.02. The lowest BCUT2D eigenvalue weighted by Crippen LogP contribution is -2.28. The Bertz CT molecular complexity index is 772. The smallest absolute Gasteiger partial charge is 0.259 e. The minimum Gasteiger partial charge on any atom is -0.355 e. The molecule has 2 fully saturated rings. The van der Waals surface area contributed by atoms with Crippen LogP contribution in [0.5, 0.6) is 0 Å². The highest BCUT2D eigenvalue weighted by molar-refractivity contribution is 7.99. The molecule has 0 N–H and O–H groups in total. The second-order valence-corrected chi connectivity index (χ2v) is 7.61. The van der Waals surface area contributed by atoms with Gasteiger partial charge in [-0.1, -0.05) is 13.0 Å². The van der Waals surface area contributed by atoms with Gasteiger partial charge < -0.3 is 4.90 Å². The van der Waals surface area contributed by atoms with Crippen molar-refractivity contribution in [3.63, 3.8) is 0 Å². The van der Waals surface area contributed by atoms with Gasteiger partial charge in [-0.3, -0.25) is 9.20 Å². The molecule has 2 aliphatic heterocycles. The monoisotopic (exact) mass is 301 g/mol. The number of pyridine rings is 1. The van der Waals surface area contributed by atoms with E-state index in [2.05, 4.69) is 23.6 Å². The quantitative estimate of drug-likeness (QED) is 0.809. The molecule has 2 aromatic rings. The predicted molar refractivity (Wildman–Crippen MR) is 87.3 cm³/mol. The van der Waals surface area contributed by atoms with Gasteiger partial charge in [-0.15, -0.1) is 0 Å². The van der Waals surface area contributed by atoms with Crippen LogP contribution in [-0.4, -0.2) is 34.0 Å². The average molecular weight is 301 g/mol. The minimum atomic E-state index is 0.00953. The summed E-state index contributed by atoms with van der Waals surface area (Å²) in [5, 5.41) is 0. The third-order valence-electron chi connectivity index (χ3n) is 4.93. The highest BCUT2D eigenvalue weighted by Gasteiger charge is 2.46. The Balaban J connectivity index is 1.78. The molecule has 2 aliphatic rings. The van der Waals surface area contributed by atoms with E-state index in [1.165, 1.54) is 11.5 Å². The second kappa shape index (κ2) is 4.50. The molecule has 4 heterocycles. The lowest BCUT2D eigenvalue weighted by molar-refractivity contribution is 0.343. The van der Waals surface area contributed by atoms with Crippen molar-refractivity contribution in [2.75, 3.05) is 29.5 Å². The van der Waals surface area contributed by atoms with Crippen LogP contribution in [0, 0.1) is 18.3 Å². The fourth-order valence-electron chi connectivity index (χ4n) is 3.55. The summed E-state index contributed by atoms with van der Waals surface area (Å²) in [6, 6.07) is 5.58. The lowest BCUT2D eigenvalue weighted by Gasteiger charge is -2.23. The standard InChI is InChI=1S/C16H19N3OS/c1-11-4-3-5-19-14(20)6-13(17-15(11)19)18-7-12-8-21-10-16(12,2)9-18/h3-6,12H,7-10H2,1-2H3/t12-,16+/m1/s1. The van der Waals surface area contributed by atoms with E-state index in [1.54, 1.807) is 16.7 Å². The number of aryl methyl sites for hydroxylation is 1. The molecule has 21 heavy (non-hydrogen) atoms. The van der Waals surface area contributed by atoms with Crippen LogP contribution in [-0.2, 0) is 0 Å². The maximum Gasteiger partial charge on any atom is 0.259 e. The van der Waals surface area contributed by atoms with E-state index in [0.717, 1.165) is 36.0 Å². The van der Waals surface area contributed by atoms with Crippen LogP contribution in [0.1, 0.15) is 12.5 Å². The van der Waals surface area contributed by atoms with Crippen LogP contribution >= 0.6 is 11.8 Å². The molecule has 4 nitrogen and oxygen atoms in total. The molecule has 0 aromatic carbocycles. The molecule has 0 amide bonds. The number of nitrogens with zero attached hydrogens (tertiary/aromatic N) is 3. The van der Waals surface area contributed by atoms with Crippen LogP contribution in [0.3, 0.4) is 0 Å². The Kier molecular flexibility index (Phi) is 2.83. The van der Waals surface area contributed by atoms with Crippen LogP contribution < -0.4 is 10.5 Å². The number of fused-ring (bicyclic) bond motifs is 2. The zero-order chi connectivity index (χ0) is 14.6. The summed E-state index contributed by atoms with van der Waals surface area (Å²) >= 11 is 2.06. The van der Waals surface area contributed by atoms with Crippen molar-refractivity contribution in [2.24, 2.45) is 11.3 Å². The van der Waals surface area contributed by atoms with Crippen molar-refractivity contribution < 1.29 is 0 Å². The van der Waals surface area contributed by atoms with E-state index in [0.29, 0.717) is 5.41 Å². The van der Waals surface area contributed by atoms with Crippen molar-refractivity contribution in [3.8, 4) is 0 Å². The topological polar surface area (TPSA) is 37.6 Å². The maximum absolute atomic E-state index is 12.3.